The van der Waals surface area contributed by atoms with Crippen molar-refractivity contribution in [3.8, 4) is 5.75 Å². The SMILES string of the molecule is CCC(C)NC(=O)c1nc(C(=O)NCCc2cccc(OC)c2)c2ccccn12. The maximum absolute atomic E-state index is 12.7. The van der Waals surface area contributed by atoms with Crippen LogP contribution in [-0.2, 0) is 6.42 Å². The fraction of sp³-hybridized carbons (Fsp3) is 0.318. The molecule has 1 aromatic carbocycles. The number of fused-ring (bicyclic) bond motifs is 1. The highest BCUT2D eigenvalue weighted by Crippen LogP contribution is 2.15. The normalized spacial score (nSPS) is 11.8. The van der Waals surface area contributed by atoms with Gasteiger partial charge < -0.3 is 15.4 Å². The third-order valence-corrected chi connectivity index (χ3v) is 4.79. The molecule has 0 fully saturated rings. The Kier molecular flexibility index (Phi) is 6.49. The summed E-state index contributed by atoms with van der Waals surface area (Å²) in [6, 6.07) is 13.2. The molecule has 2 heterocycles. The molecule has 3 rings (SSSR count). The van der Waals surface area contributed by atoms with E-state index in [0.717, 1.165) is 17.7 Å². The highest BCUT2D eigenvalue weighted by atomic mass is 16.5. The van der Waals surface area contributed by atoms with Crippen molar-refractivity contribution in [1.82, 2.24) is 20.0 Å². The molecule has 0 saturated carbocycles. The van der Waals surface area contributed by atoms with Crippen LogP contribution in [-0.4, -0.2) is 40.9 Å². The van der Waals surface area contributed by atoms with Crippen molar-refractivity contribution < 1.29 is 14.3 Å². The maximum atomic E-state index is 12.7. The minimum Gasteiger partial charge on any atom is -0.497 e. The van der Waals surface area contributed by atoms with E-state index in [1.807, 2.05) is 44.2 Å². The number of carbonyl (C=O) groups excluding carboxylic acids is 2. The van der Waals surface area contributed by atoms with E-state index in [9.17, 15) is 9.59 Å². The second-order valence-corrected chi connectivity index (χ2v) is 6.88. The molecule has 7 heteroatoms. The third-order valence-electron chi connectivity index (χ3n) is 4.79. The molecule has 0 radical (unpaired) electrons. The lowest BCUT2D eigenvalue weighted by atomic mass is 10.1. The highest BCUT2D eigenvalue weighted by molar-refractivity contribution is 6.02. The van der Waals surface area contributed by atoms with Gasteiger partial charge in [0, 0.05) is 18.8 Å². The summed E-state index contributed by atoms with van der Waals surface area (Å²) in [5, 5.41) is 5.79. The number of ether oxygens (including phenoxy) is 1. The van der Waals surface area contributed by atoms with Gasteiger partial charge >= 0.3 is 0 Å². The van der Waals surface area contributed by atoms with E-state index in [1.165, 1.54) is 0 Å². The molecular weight excluding hydrogens is 368 g/mol. The second-order valence-electron chi connectivity index (χ2n) is 6.88. The Morgan fingerprint density at radius 2 is 2.00 bits per heavy atom. The molecule has 0 aliphatic rings. The summed E-state index contributed by atoms with van der Waals surface area (Å²) in [5.41, 5.74) is 1.90. The number of hydrogen-bond acceptors (Lipinski definition) is 4. The van der Waals surface area contributed by atoms with E-state index >= 15 is 0 Å². The van der Waals surface area contributed by atoms with Crippen LogP contribution < -0.4 is 15.4 Å². The molecule has 3 aromatic rings. The van der Waals surface area contributed by atoms with Gasteiger partial charge in [-0.25, -0.2) is 4.98 Å². The number of methoxy groups -OCH3 is 1. The van der Waals surface area contributed by atoms with Crippen LogP contribution in [0.3, 0.4) is 0 Å². The van der Waals surface area contributed by atoms with Crippen molar-refractivity contribution in [3.05, 3.63) is 65.7 Å². The van der Waals surface area contributed by atoms with Gasteiger partial charge in [0.15, 0.2) is 5.69 Å². The van der Waals surface area contributed by atoms with E-state index in [1.54, 1.807) is 29.8 Å². The summed E-state index contributed by atoms with van der Waals surface area (Å²) >= 11 is 0. The van der Waals surface area contributed by atoms with Crippen molar-refractivity contribution in [2.24, 2.45) is 0 Å². The quantitative estimate of drug-likeness (QED) is 0.615. The van der Waals surface area contributed by atoms with Crippen molar-refractivity contribution in [2.45, 2.75) is 32.7 Å². The van der Waals surface area contributed by atoms with Crippen molar-refractivity contribution in [3.63, 3.8) is 0 Å². The smallest absolute Gasteiger partial charge is 0.287 e. The molecule has 29 heavy (non-hydrogen) atoms. The van der Waals surface area contributed by atoms with Gasteiger partial charge in [-0.1, -0.05) is 25.1 Å². The van der Waals surface area contributed by atoms with Crippen LogP contribution in [0.15, 0.2) is 48.7 Å². The number of carbonyl (C=O) groups is 2. The number of nitrogens with one attached hydrogen (secondary N) is 2. The van der Waals surface area contributed by atoms with Crippen LogP contribution in [0.25, 0.3) is 5.52 Å². The van der Waals surface area contributed by atoms with E-state index in [-0.39, 0.29) is 29.4 Å². The Balaban J connectivity index is 1.74. The Morgan fingerprint density at radius 1 is 1.17 bits per heavy atom. The molecular formula is C22H26N4O3. The zero-order valence-electron chi connectivity index (χ0n) is 16.9. The third kappa shape index (κ3) is 4.74. The molecule has 152 valence electrons. The van der Waals surface area contributed by atoms with E-state index < -0.39 is 0 Å². The van der Waals surface area contributed by atoms with Crippen LogP contribution in [0.5, 0.6) is 5.75 Å². The minimum atomic E-state index is -0.306. The fourth-order valence-electron chi connectivity index (χ4n) is 2.99. The summed E-state index contributed by atoms with van der Waals surface area (Å²) in [4.78, 5) is 29.7. The van der Waals surface area contributed by atoms with Crippen LogP contribution in [0.4, 0.5) is 0 Å². The van der Waals surface area contributed by atoms with Crippen LogP contribution in [0.2, 0.25) is 0 Å². The molecule has 1 atom stereocenters. The molecule has 2 amide bonds. The first-order valence-corrected chi connectivity index (χ1v) is 9.72. The van der Waals surface area contributed by atoms with E-state index in [0.29, 0.717) is 18.5 Å². The standard InChI is InChI=1S/C22H26N4O3/c1-4-15(2)24-22(28)20-25-19(18-10-5-6-13-26(18)20)21(27)23-12-11-16-8-7-9-17(14-16)29-3/h5-10,13-15H,4,11-12H2,1-3H3,(H,23,27)(H,24,28). The number of hydrogen-bond donors (Lipinski definition) is 2. The van der Waals surface area contributed by atoms with Gasteiger partial charge in [0.2, 0.25) is 5.82 Å². The van der Waals surface area contributed by atoms with Crippen LogP contribution in [0, 0.1) is 0 Å². The van der Waals surface area contributed by atoms with E-state index in [2.05, 4.69) is 15.6 Å². The predicted octanol–water partition coefficient (Wildman–Crippen LogP) is 2.84. The first-order chi connectivity index (χ1) is 14.0. The van der Waals surface area contributed by atoms with Crippen molar-refractivity contribution in [1.29, 1.82) is 0 Å². The number of amides is 2. The van der Waals surface area contributed by atoms with E-state index in [4.69, 9.17) is 4.74 Å². The summed E-state index contributed by atoms with van der Waals surface area (Å²) in [6.45, 7) is 4.38. The zero-order valence-corrected chi connectivity index (χ0v) is 16.9. The van der Waals surface area contributed by atoms with Gasteiger partial charge in [-0.2, -0.15) is 0 Å². The molecule has 0 aliphatic carbocycles. The molecule has 0 bridgehead atoms. The van der Waals surface area contributed by atoms with Gasteiger partial charge in [0.1, 0.15) is 5.75 Å². The average Bonchev–Trinajstić information content (AvgIpc) is 3.13. The zero-order chi connectivity index (χ0) is 20.8. The maximum Gasteiger partial charge on any atom is 0.287 e. The molecule has 7 nitrogen and oxygen atoms in total. The minimum absolute atomic E-state index is 0.0266. The van der Waals surface area contributed by atoms with Crippen LogP contribution in [0.1, 0.15) is 46.9 Å². The topological polar surface area (TPSA) is 84.7 Å². The van der Waals surface area contributed by atoms with Crippen molar-refractivity contribution in [2.75, 3.05) is 13.7 Å². The molecule has 2 N–H and O–H groups in total. The fourth-order valence-corrected chi connectivity index (χ4v) is 2.99. The first-order valence-electron chi connectivity index (χ1n) is 9.72. The monoisotopic (exact) mass is 394 g/mol. The molecule has 2 aromatic heterocycles. The first kappa shape index (κ1) is 20.4. The number of aromatic nitrogens is 2. The van der Waals surface area contributed by atoms with Gasteiger partial charge in [-0.3, -0.25) is 14.0 Å². The largest absolute Gasteiger partial charge is 0.497 e. The summed E-state index contributed by atoms with van der Waals surface area (Å²) in [7, 11) is 1.62. The van der Waals surface area contributed by atoms with Gasteiger partial charge in [0.25, 0.3) is 11.8 Å². The summed E-state index contributed by atoms with van der Waals surface area (Å²) < 4.78 is 6.87. The Labute approximate surface area is 170 Å². The van der Waals surface area contributed by atoms with Crippen molar-refractivity contribution >= 4 is 17.3 Å². The average molecular weight is 394 g/mol. The van der Waals surface area contributed by atoms with Crippen LogP contribution >= 0.6 is 0 Å². The van der Waals surface area contributed by atoms with Gasteiger partial charge in [-0.15, -0.1) is 0 Å². The predicted molar refractivity (Wildman–Crippen MR) is 111 cm³/mol. The Bertz CT molecular complexity index is 1010. The summed E-state index contributed by atoms with van der Waals surface area (Å²) in [5.74, 6) is 0.389. The second kappa shape index (κ2) is 9.23. The molecule has 0 aliphatic heterocycles. The number of imidazole rings is 1. The van der Waals surface area contributed by atoms with Gasteiger partial charge in [0.05, 0.1) is 12.6 Å². The number of benzene rings is 1. The summed E-state index contributed by atoms with van der Waals surface area (Å²) in [6.07, 6.45) is 3.21. The molecule has 1 unspecified atom stereocenters. The molecule has 0 spiro atoms. The lowest BCUT2D eigenvalue weighted by Crippen LogP contribution is -2.33. The van der Waals surface area contributed by atoms with Gasteiger partial charge in [-0.05, 0) is 49.6 Å². The number of nitrogens with zero attached hydrogens (tertiary/aromatic N) is 2. The lowest BCUT2D eigenvalue weighted by Gasteiger charge is -2.10. The Morgan fingerprint density at radius 3 is 2.76 bits per heavy atom. The Hall–Kier alpha value is -3.35. The lowest BCUT2D eigenvalue weighted by molar-refractivity contribution is 0.0928. The number of rotatable bonds is 8. The molecule has 0 saturated heterocycles. The number of pyridine rings is 1. The highest BCUT2D eigenvalue weighted by Gasteiger charge is 2.21.